The van der Waals surface area contributed by atoms with Crippen molar-refractivity contribution >= 4 is 32.7 Å². The highest BCUT2D eigenvalue weighted by atomic mass is 79.9. The van der Waals surface area contributed by atoms with Gasteiger partial charge in [-0.25, -0.2) is 0 Å². The second-order valence-corrected chi connectivity index (χ2v) is 6.22. The number of hydrogen-bond acceptors (Lipinski definition) is 3. The van der Waals surface area contributed by atoms with Crippen LogP contribution in [0.5, 0.6) is 0 Å². The van der Waals surface area contributed by atoms with Crippen LogP contribution >= 0.6 is 15.9 Å². The lowest BCUT2D eigenvalue weighted by atomic mass is 10.4. The van der Waals surface area contributed by atoms with E-state index in [1.54, 1.807) is 4.68 Å². The Bertz CT molecular complexity index is 459. The summed E-state index contributed by atoms with van der Waals surface area (Å²) in [5.74, 6) is -0.846. The van der Waals surface area contributed by atoms with Gasteiger partial charge in [-0.15, -0.1) is 0 Å². The highest BCUT2D eigenvalue weighted by molar-refractivity contribution is 9.10. The van der Waals surface area contributed by atoms with Gasteiger partial charge in [0.2, 0.25) is 0 Å². The number of carboxylic acids is 1. The number of aromatic nitrogens is 2. The van der Waals surface area contributed by atoms with E-state index < -0.39 is 22.0 Å². The van der Waals surface area contributed by atoms with Crippen molar-refractivity contribution in [3.8, 4) is 0 Å². The topological polar surface area (TPSA) is 72.2 Å². The van der Waals surface area contributed by atoms with Crippen molar-refractivity contribution in [2.24, 2.45) is 0 Å². The van der Waals surface area contributed by atoms with Gasteiger partial charge in [0.25, 0.3) is 0 Å². The Hall–Kier alpha value is -0.690. The minimum absolute atomic E-state index is 0.197. The monoisotopic (exact) mass is 322 g/mol. The summed E-state index contributed by atoms with van der Waals surface area (Å²) in [6.45, 7) is 5.90. The molecular formula is C10H15BrN2O3S. The summed E-state index contributed by atoms with van der Waals surface area (Å²) < 4.78 is 14.4. The summed E-state index contributed by atoms with van der Waals surface area (Å²) in [5, 5.41) is 12.2. The minimum Gasteiger partial charge on any atom is -0.480 e. The van der Waals surface area contributed by atoms with Crippen molar-refractivity contribution in [2.75, 3.05) is 0 Å². The van der Waals surface area contributed by atoms with E-state index in [4.69, 9.17) is 5.11 Å². The van der Waals surface area contributed by atoms with E-state index in [0.717, 1.165) is 15.9 Å². The van der Waals surface area contributed by atoms with Gasteiger partial charge in [0, 0.05) is 17.3 Å². The lowest BCUT2D eigenvalue weighted by Crippen LogP contribution is -2.23. The van der Waals surface area contributed by atoms with Gasteiger partial charge in [0.1, 0.15) is 5.25 Å². The molecule has 0 aliphatic carbocycles. The van der Waals surface area contributed by atoms with Crippen LogP contribution in [0.1, 0.15) is 25.2 Å². The third-order valence-corrected chi connectivity index (χ3v) is 5.05. The minimum atomic E-state index is -1.45. The van der Waals surface area contributed by atoms with Crippen LogP contribution in [0.3, 0.4) is 0 Å². The molecule has 0 bridgehead atoms. The van der Waals surface area contributed by atoms with Crippen molar-refractivity contribution in [3.05, 3.63) is 15.9 Å². The van der Waals surface area contributed by atoms with Crippen molar-refractivity contribution < 1.29 is 14.1 Å². The zero-order chi connectivity index (χ0) is 13.2. The molecule has 2 atom stereocenters. The average molecular weight is 323 g/mol. The maximum absolute atomic E-state index is 11.9. The van der Waals surface area contributed by atoms with Crippen LogP contribution in [-0.4, -0.2) is 30.3 Å². The van der Waals surface area contributed by atoms with Crippen LogP contribution in [0.4, 0.5) is 0 Å². The van der Waals surface area contributed by atoms with Crippen LogP contribution in [0.2, 0.25) is 0 Å². The number of carbonyl (C=O) groups is 1. The van der Waals surface area contributed by atoms with Crippen molar-refractivity contribution in [1.29, 1.82) is 0 Å². The van der Waals surface area contributed by atoms with Gasteiger partial charge >= 0.3 is 5.97 Å². The first-order chi connectivity index (χ1) is 7.88. The molecule has 0 saturated carbocycles. The Labute approximate surface area is 111 Å². The van der Waals surface area contributed by atoms with Crippen LogP contribution in [0, 0.1) is 6.92 Å². The molecule has 5 nitrogen and oxygen atoms in total. The maximum atomic E-state index is 11.9. The Balaban J connectivity index is 2.95. The van der Waals surface area contributed by atoms with Gasteiger partial charge in [-0.1, -0.05) is 0 Å². The summed E-state index contributed by atoms with van der Waals surface area (Å²) >= 11 is 3.39. The standard InChI is InChI=1S/C10H15BrN2O3S/c1-4-13-8(9(11)6(2)12-13)5-17(16)7(3)10(14)15/h7H,4-5H2,1-3H3,(H,14,15). The van der Waals surface area contributed by atoms with Crippen LogP contribution in [0.15, 0.2) is 4.47 Å². The summed E-state index contributed by atoms with van der Waals surface area (Å²) in [5.41, 5.74) is 1.61. The first-order valence-corrected chi connectivity index (χ1v) is 7.37. The predicted molar refractivity (Wildman–Crippen MR) is 69.3 cm³/mol. The normalized spacial score (nSPS) is 14.6. The lowest BCUT2D eigenvalue weighted by Gasteiger charge is -2.08. The Morgan fingerprint density at radius 2 is 2.24 bits per heavy atom. The highest BCUT2D eigenvalue weighted by Crippen LogP contribution is 2.23. The third-order valence-electron chi connectivity index (χ3n) is 2.47. The van der Waals surface area contributed by atoms with Gasteiger partial charge in [0.05, 0.1) is 21.6 Å². The molecule has 1 rings (SSSR count). The molecule has 1 aromatic rings. The van der Waals surface area contributed by atoms with E-state index in [-0.39, 0.29) is 5.75 Å². The summed E-state index contributed by atoms with van der Waals surface area (Å²) in [6.07, 6.45) is 0. The molecule has 0 aliphatic rings. The Morgan fingerprint density at radius 1 is 1.65 bits per heavy atom. The SMILES string of the molecule is CCn1nc(C)c(Br)c1CS(=O)C(C)C(=O)O. The molecule has 1 aromatic heterocycles. The number of halogens is 1. The molecule has 0 radical (unpaired) electrons. The summed E-state index contributed by atoms with van der Waals surface area (Å²) in [7, 11) is -1.45. The van der Waals surface area contributed by atoms with Crippen LogP contribution in [-0.2, 0) is 27.9 Å². The first kappa shape index (κ1) is 14.4. The van der Waals surface area contributed by atoms with E-state index in [1.165, 1.54) is 6.92 Å². The molecule has 1 N–H and O–H groups in total. The molecule has 0 amide bonds. The van der Waals surface area contributed by atoms with Crippen LogP contribution in [0.25, 0.3) is 0 Å². The number of aliphatic carboxylic acids is 1. The molecule has 0 fully saturated rings. The molecule has 0 aliphatic heterocycles. The number of hydrogen-bond donors (Lipinski definition) is 1. The second-order valence-electron chi connectivity index (χ2n) is 3.67. The zero-order valence-electron chi connectivity index (χ0n) is 9.94. The molecule has 0 aromatic carbocycles. The van der Waals surface area contributed by atoms with E-state index >= 15 is 0 Å². The molecule has 1 heterocycles. The quantitative estimate of drug-likeness (QED) is 0.895. The predicted octanol–water partition coefficient (Wildman–Crippen LogP) is 1.70. The van der Waals surface area contributed by atoms with Crippen molar-refractivity contribution in [2.45, 2.75) is 38.3 Å². The fourth-order valence-corrected chi connectivity index (χ4v) is 3.03. The summed E-state index contributed by atoms with van der Waals surface area (Å²) in [6, 6.07) is 0. The third kappa shape index (κ3) is 3.16. The molecule has 17 heavy (non-hydrogen) atoms. The zero-order valence-corrected chi connectivity index (χ0v) is 12.3. The molecule has 0 spiro atoms. The van der Waals surface area contributed by atoms with E-state index in [0.29, 0.717) is 6.54 Å². The summed E-state index contributed by atoms with van der Waals surface area (Å²) in [4.78, 5) is 10.7. The molecular weight excluding hydrogens is 308 g/mol. The highest BCUT2D eigenvalue weighted by Gasteiger charge is 2.22. The first-order valence-electron chi connectivity index (χ1n) is 5.20. The number of carboxylic acid groups (broad SMARTS) is 1. The van der Waals surface area contributed by atoms with Crippen LogP contribution < -0.4 is 0 Å². The smallest absolute Gasteiger partial charge is 0.318 e. The largest absolute Gasteiger partial charge is 0.480 e. The Kier molecular flexibility index (Phi) is 4.88. The number of rotatable bonds is 5. The Morgan fingerprint density at radius 3 is 2.71 bits per heavy atom. The van der Waals surface area contributed by atoms with Crippen molar-refractivity contribution in [3.63, 3.8) is 0 Å². The van der Waals surface area contributed by atoms with Gasteiger partial charge < -0.3 is 5.11 Å². The van der Waals surface area contributed by atoms with E-state index in [1.807, 2.05) is 13.8 Å². The molecule has 96 valence electrons. The molecule has 2 unspecified atom stereocenters. The maximum Gasteiger partial charge on any atom is 0.318 e. The van der Waals surface area contributed by atoms with Gasteiger partial charge in [-0.3, -0.25) is 13.7 Å². The fourth-order valence-electron chi connectivity index (χ4n) is 1.38. The van der Waals surface area contributed by atoms with Crippen molar-refractivity contribution in [1.82, 2.24) is 9.78 Å². The van der Waals surface area contributed by atoms with Gasteiger partial charge in [-0.05, 0) is 36.7 Å². The fraction of sp³-hybridized carbons (Fsp3) is 0.600. The van der Waals surface area contributed by atoms with Gasteiger partial charge in [0.15, 0.2) is 0 Å². The molecule has 7 heteroatoms. The van der Waals surface area contributed by atoms with E-state index in [2.05, 4.69) is 21.0 Å². The average Bonchev–Trinajstić information content (AvgIpc) is 2.55. The lowest BCUT2D eigenvalue weighted by molar-refractivity contribution is -0.136. The van der Waals surface area contributed by atoms with Gasteiger partial charge in [-0.2, -0.15) is 5.10 Å². The molecule has 0 saturated heterocycles. The number of aryl methyl sites for hydroxylation is 2. The second kappa shape index (κ2) is 5.77. The number of nitrogens with zero attached hydrogens (tertiary/aromatic N) is 2. The van der Waals surface area contributed by atoms with E-state index in [9.17, 15) is 9.00 Å².